The Bertz CT molecular complexity index is 1180. The number of H-pyrrole nitrogens is 1. The average molecular weight is 384 g/mol. The summed E-state index contributed by atoms with van der Waals surface area (Å²) in [4.78, 5) is 19.9. The topological polar surface area (TPSA) is 79.4 Å². The van der Waals surface area contributed by atoms with Gasteiger partial charge < -0.3 is 10.3 Å². The lowest BCUT2D eigenvalue weighted by atomic mass is 10.0. The normalized spacial score (nSPS) is 15.8. The van der Waals surface area contributed by atoms with E-state index in [4.69, 9.17) is 0 Å². The fourth-order valence-corrected chi connectivity index (χ4v) is 3.34. The average Bonchev–Trinajstić information content (AvgIpc) is 3.39. The number of nitrogens with zero attached hydrogens (tertiary/aromatic N) is 4. The van der Waals surface area contributed by atoms with Crippen molar-refractivity contribution in [1.29, 1.82) is 0 Å². The van der Waals surface area contributed by atoms with Gasteiger partial charge in [0.1, 0.15) is 12.0 Å². The van der Waals surface area contributed by atoms with E-state index >= 15 is 0 Å². The van der Waals surface area contributed by atoms with Crippen LogP contribution >= 0.6 is 0 Å². The number of aromatic amines is 1. The molecule has 3 heterocycles. The number of hydrogen-bond acceptors (Lipinski definition) is 5. The number of hydrogen-bond donors (Lipinski definition) is 2. The molecule has 9 heteroatoms. The second-order valence-corrected chi connectivity index (χ2v) is 7.09. The van der Waals surface area contributed by atoms with Crippen LogP contribution in [0.2, 0.25) is 0 Å². The van der Waals surface area contributed by atoms with Gasteiger partial charge in [0.2, 0.25) is 5.95 Å². The van der Waals surface area contributed by atoms with Crippen molar-refractivity contribution in [1.82, 2.24) is 24.9 Å². The Labute approximate surface area is 157 Å². The number of aromatic nitrogens is 5. The number of halogens is 3. The molecule has 0 amide bonds. The Kier molecular flexibility index (Phi) is 3.55. The van der Waals surface area contributed by atoms with Gasteiger partial charge in [-0.2, -0.15) is 18.2 Å². The minimum Gasteiger partial charge on any atom is -0.353 e. The maximum Gasteiger partial charge on any atom is 0.396 e. The lowest BCUT2D eigenvalue weighted by Crippen LogP contribution is -2.31. The molecule has 28 heavy (non-hydrogen) atoms. The molecule has 0 radical (unpaired) electrons. The van der Waals surface area contributed by atoms with Crippen molar-refractivity contribution in [2.24, 2.45) is 5.41 Å². The fourth-order valence-electron chi connectivity index (χ4n) is 3.34. The van der Waals surface area contributed by atoms with Gasteiger partial charge in [-0.3, -0.25) is 0 Å². The van der Waals surface area contributed by atoms with Crippen molar-refractivity contribution < 1.29 is 13.2 Å². The molecule has 1 aliphatic rings. The molecule has 1 aromatic carbocycles. The Morgan fingerprint density at radius 2 is 2.00 bits per heavy atom. The first-order valence-electron chi connectivity index (χ1n) is 8.80. The standard InChI is InChI=1S/C19H15F3N6/c20-19(21,22)18(3-4-18)9-26-17-25-8-14-13(7-24-16(14)28-17)11-1-2-15-12(5-11)6-23-10-27-15/h1-2,5-8,10H,3-4,9H2,(H2,24,25,26,28). The van der Waals surface area contributed by atoms with E-state index in [1.54, 1.807) is 12.4 Å². The smallest absolute Gasteiger partial charge is 0.353 e. The zero-order valence-electron chi connectivity index (χ0n) is 14.6. The van der Waals surface area contributed by atoms with Crippen molar-refractivity contribution in [2.75, 3.05) is 11.9 Å². The van der Waals surface area contributed by atoms with Crippen molar-refractivity contribution >= 4 is 27.9 Å². The molecule has 0 spiro atoms. The number of fused-ring (bicyclic) bond motifs is 2. The summed E-state index contributed by atoms with van der Waals surface area (Å²) >= 11 is 0. The van der Waals surface area contributed by atoms with Gasteiger partial charge in [-0.25, -0.2) is 15.0 Å². The fraction of sp³-hybridized carbons (Fsp3) is 0.263. The van der Waals surface area contributed by atoms with Crippen LogP contribution in [0.4, 0.5) is 19.1 Å². The highest BCUT2D eigenvalue weighted by molar-refractivity contribution is 5.96. The Morgan fingerprint density at radius 1 is 1.14 bits per heavy atom. The van der Waals surface area contributed by atoms with E-state index in [1.807, 2.05) is 24.4 Å². The Balaban J connectivity index is 1.43. The predicted octanol–water partition coefficient (Wildman–Crippen LogP) is 4.32. The van der Waals surface area contributed by atoms with Crippen LogP contribution in [-0.4, -0.2) is 37.6 Å². The first kappa shape index (κ1) is 16.9. The molecule has 1 fully saturated rings. The second kappa shape index (κ2) is 5.88. The van der Waals surface area contributed by atoms with Gasteiger partial charge in [-0.15, -0.1) is 0 Å². The molecule has 5 rings (SSSR count). The lowest BCUT2D eigenvalue weighted by molar-refractivity contribution is -0.182. The van der Waals surface area contributed by atoms with E-state index in [-0.39, 0.29) is 25.3 Å². The first-order chi connectivity index (χ1) is 13.5. The highest BCUT2D eigenvalue weighted by Crippen LogP contribution is 2.57. The van der Waals surface area contributed by atoms with E-state index in [0.717, 1.165) is 27.4 Å². The maximum atomic E-state index is 13.1. The summed E-state index contributed by atoms with van der Waals surface area (Å²) in [7, 11) is 0. The van der Waals surface area contributed by atoms with Crippen LogP contribution in [0, 0.1) is 5.41 Å². The van der Waals surface area contributed by atoms with Crippen LogP contribution in [0.5, 0.6) is 0 Å². The summed E-state index contributed by atoms with van der Waals surface area (Å²) in [5.41, 5.74) is 1.63. The number of anilines is 1. The zero-order valence-corrected chi connectivity index (χ0v) is 14.6. The molecular weight excluding hydrogens is 369 g/mol. The molecular formula is C19H15F3N6. The predicted molar refractivity (Wildman–Crippen MR) is 98.6 cm³/mol. The van der Waals surface area contributed by atoms with E-state index in [1.165, 1.54) is 6.33 Å². The molecule has 0 unspecified atom stereocenters. The summed E-state index contributed by atoms with van der Waals surface area (Å²) in [5, 5.41) is 4.44. The van der Waals surface area contributed by atoms with Crippen LogP contribution in [-0.2, 0) is 0 Å². The molecule has 0 bridgehead atoms. The van der Waals surface area contributed by atoms with Crippen LogP contribution in [0.25, 0.3) is 33.1 Å². The van der Waals surface area contributed by atoms with Gasteiger partial charge in [0.25, 0.3) is 0 Å². The maximum absolute atomic E-state index is 13.1. The van der Waals surface area contributed by atoms with Crippen LogP contribution < -0.4 is 5.32 Å². The third-order valence-electron chi connectivity index (χ3n) is 5.29. The van der Waals surface area contributed by atoms with Crippen molar-refractivity contribution in [2.45, 2.75) is 19.0 Å². The molecule has 1 saturated carbocycles. The SMILES string of the molecule is FC(F)(F)C1(CNc2ncc3c(-c4ccc5ncncc5c4)c[nH]c3n2)CC1. The molecule has 0 saturated heterocycles. The molecule has 4 aromatic rings. The second-order valence-electron chi connectivity index (χ2n) is 7.09. The molecule has 2 N–H and O–H groups in total. The quantitative estimate of drug-likeness (QED) is 0.548. The number of rotatable bonds is 4. The third kappa shape index (κ3) is 2.74. The third-order valence-corrected chi connectivity index (χ3v) is 5.29. The Hall–Kier alpha value is -3.23. The zero-order chi connectivity index (χ0) is 19.4. The van der Waals surface area contributed by atoms with Gasteiger partial charge in [-0.1, -0.05) is 6.07 Å². The van der Waals surface area contributed by atoms with Gasteiger partial charge in [0.05, 0.1) is 10.9 Å². The molecule has 142 valence electrons. The summed E-state index contributed by atoms with van der Waals surface area (Å²) in [5.74, 6) is 0.184. The summed E-state index contributed by atoms with van der Waals surface area (Å²) in [6.45, 7) is -0.208. The molecule has 0 aliphatic heterocycles. The molecule has 1 aliphatic carbocycles. The van der Waals surface area contributed by atoms with Gasteiger partial charge >= 0.3 is 6.18 Å². The van der Waals surface area contributed by atoms with Crippen molar-refractivity contribution in [3.8, 4) is 11.1 Å². The molecule has 6 nitrogen and oxygen atoms in total. The van der Waals surface area contributed by atoms with Gasteiger partial charge in [0, 0.05) is 41.5 Å². The molecule has 0 atom stereocenters. The number of nitrogens with one attached hydrogen (secondary N) is 2. The van der Waals surface area contributed by atoms with Crippen LogP contribution in [0.3, 0.4) is 0 Å². The van der Waals surface area contributed by atoms with E-state index in [0.29, 0.717) is 5.65 Å². The number of benzene rings is 1. The monoisotopic (exact) mass is 384 g/mol. The van der Waals surface area contributed by atoms with E-state index in [2.05, 4.69) is 30.2 Å². The largest absolute Gasteiger partial charge is 0.396 e. The van der Waals surface area contributed by atoms with Crippen LogP contribution in [0.15, 0.2) is 43.1 Å². The minimum absolute atomic E-state index is 0.143. The highest BCUT2D eigenvalue weighted by Gasteiger charge is 2.62. The Morgan fingerprint density at radius 3 is 2.79 bits per heavy atom. The van der Waals surface area contributed by atoms with Crippen molar-refractivity contribution in [3.63, 3.8) is 0 Å². The van der Waals surface area contributed by atoms with E-state index in [9.17, 15) is 13.2 Å². The van der Waals surface area contributed by atoms with Crippen molar-refractivity contribution in [3.05, 3.63) is 43.1 Å². The minimum atomic E-state index is -4.20. The lowest BCUT2D eigenvalue weighted by Gasteiger charge is -2.19. The number of alkyl halides is 3. The van der Waals surface area contributed by atoms with E-state index < -0.39 is 11.6 Å². The van der Waals surface area contributed by atoms with Gasteiger partial charge in [-0.05, 0) is 30.5 Å². The summed E-state index contributed by atoms with van der Waals surface area (Å²) < 4.78 is 39.2. The molecule has 3 aromatic heterocycles. The highest BCUT2D eigenvalue weighted by atomic mass is 19.4. The summed E-state index contributed by atoms with van der Waals surface area (Å²) in [6, 6.07) is 5.84. The first-order valence-corrected chi connectivity index (χ1v) is 8.80. The summed E-state index contributed by atoms with van der Waals surface area (Å²) in [6.07, 6.45) is 2.76. The van der Waals surface area contributed by atoms with Crippen LogP contribution in [0.1, 0.15) is 12.8 Å². The van der Waals surface area contributed by atoms with Gasteiger partial charge in [0.15, 0.2) is 0 Å².